The third kappa shape index (κ3) is 4.43. The molecule has 2 aromatic rings. The van der Waals surface area contributed by atoms with Crippen molar-refractivity contribution in [3.05, 3.63) is 29.0 Å². The van der Waals surface area contributed by atoms with Crippen LogP contribution in [0, 0.1) is 6.92 Å². The van der Waals surface area contributed by atoms with E-state index >= 15 is 0 Å². The summed E-state index contributed by atoms with van der Waals surface area (Å²) in [5, 5.41) is 5.03. The van der Waals surface area contributed by atoms with Gasteiger partial charge in [-0.3, -0.25) is 9.69 Å². The fraction of sp³-hybridized carbons (Fsp3) is 0.529. The van der Waals surface area contributed by atoms with E-state index in [-0.39, 0.29) is 18.4 Å². The maximum absolute atomic E-state index is 12.3. The van der Waals surface area contributed by atoms with E-state index in [1.165, 1.54) is 0 Å². The number of hydrogen-bond donors (Lipinski definition) is 1. The number of hydrogen-bond acceptors (Lipinski definition) is 6. The summed E-state index contributed by atoms with van der Waals surface area (Å²) in [4.78, 5) is 20.0. The minimum Gasteiger partial charge on any atom is -0.440 e. The van der Waals surface area contributed by atoms with Crippen LogP contribution in [0.15, 0.2) is 21.9 Å². The van der Waals surface area contributed by atoms with E-state index in [0.717, 1.165) is 37.7 Å². The van der Waals surface area contributed by atoms with Gasteiger partial charge in [-0.05, 0) is 25.3 Å². The molecule has 1 aliphatic rings. The van der Waals surface area contributed by atoms with Gasteiger partial charge in [-0.25, -0.2) is 4.98 Å². The summed E-state index contributed by atoms with van der Waals surface area (Å²) in [5.74, 6) is 1.27. The zero-order valence-electron chi connectivity index (χ0n) is 14.1. The number of nitrogens with one attached hydrogen (secondary N) is 1. The molecule has 1 fully saturated rings. The highest BCUT2D eigenvalue weighted by molar-refractivity contribution is 7.13. The Balaban J connectivity index is 1.53. The number of nitrogens with zero attached hydrogens (tertiary/aromatic N) is 2. The highest BCUT2D eigenvalue weighted by atomic mass is 32.1. The van der Waals surface area contributed by atoms with Gasteiger partial charge in [-0.1, -0.05) is 6.07 Å². The number of thiophene rings is 1. The second-order valence-corrected chi connectivity index (χ2v) is 7.01. The van der Waals surface area contributed by atoms with E-state index in [1.807, 2.05) is 31.4 Å². The molecule has 1 aliphatic heterocycles. The highest BCUT2D eigenvalue weighted by Crippen LogP contribution is 2.26. The SMILES string of the molecule is Cc1oc(-c2cccs2)nc1CC(=O)NC(C)CN1CCOCC1. The first-order valence-corrected chi connectivity index (χ1v) is 9.09. The van der Waals surface area contributed by atoms with Crippen molar-refractivity contribution in [3.8, 4) is 10.8 Å². The number of rotatable bonds is 6. The minimum absolute atomic E-state index is 0.0233. The molecule has 2 aromatic heterocycles. The molecule has 7 heteroatoms. The van der Waals surface area contributed by atoms with Gasteiger partial charge in [-0.15, -0.1) is 11.3 Å². The molecular weight excluding hydrogens is 326 g/mol. The van der Waals surface area contributed by atoms with Crippen molar-refractivity contribution in [3.63, 3.8) is 0 Å². The van der Waals surface area contributed by atoms with E-state index in [4.69, 9.17) is 9.15 Å². The number of amides is 1. The number of morpholine rings is 1. The fourth-order valence-electron chi connectivity index (χ4n) is 2.79. The Morgan fingerprint density at radius 1 is 1.46 bits per heavy atom. The van der Waals surface area contributed by atoms with Crippen molar-refractivity contribution < 1.29 is 13.9 Å². The van der Waals surface area contributed by atoms with Gasteiger partial charge in [0.1, 0.15) is 5.76 Å². The minimum atomic E-state index is -0.0233. The van der Waals surface area contributed by atoms with Gasteiger partial charge in [-0.2, -0.15) is 0 Å². The Morgan fingerprint density at radius 2 is 2.25 bits per heavy atom. The smallest absolute Gasteiger partial charge is 0.236 e. The van der Waals surface area contributed by atoms with Gasteiger partial charge in [0.2, 0.25) is 11.8 Å². The molecule has 3 heterocycles. The van der Waals surface area contributed by atoms with Crippen LogP contribution in [0.1, 0.15) is 18.4 Å². The number of aryl methyl sites for hydroxylation is 1. The summed E-state index contributed by atoms with van der Waals surface area (Å²) >= 11 is 1.57. The first kappa shape index (κ1) is 17.1. The summed E-state index contributed by atoms with van der Waals surface area (Å²) in [6.07, 6.45) is 0.244. The van der Waals surface area contributed by atoms with Crippen LogP contribution in [0.4, 0.5) is 0 Å². The Morgan fingerprint density at radius 3 is 2.96 bits per heavy atom. The van der Waals surface area contributed by atoms with Gasteiger partial charge in [0, 0.05) is 25.7 Å². The van der Waals surface area contributed by atoms with Gasteiger partial charge < -0.3 is 14.5 Å². The fourth-order valence-corrected chi connectivity index (χ4v) is 3.44. The molecule has 1 atom stereocenters. The normalized spacial score (nSPS) is 16.9. The van der Waals surface area contributed by atoms with Crippen LogP contribution < -0.4 is 5.32 Å². The molecule has 6 nitrogen and oxygen atoms in total. The summed E-state index contributed by atoms with van der Waals surface area (Å²) in [7, 11) is 0. The van der Waals surface area contributed by atoms with E-state index in [0.29, 0.717) is 17.3 Å². The second kappa shape index (κ2) is 7.92. The Kier molecular flexibility index (Phi) is 5.65. The van der Waals surface area contributed by atoms with Crippen LogP contribution in [0.5, 0.6) is 0 Å². The zero-order valence-corrected chi connectivity index (χ0v) is 14.9. The van der Waals surface area contributed by atoms with E-state index in [9.17, 15) is 4.79 Å². The van der Waals surface area contributed by atoms with Crippen LogP contribution in [-0.4, -0.2) is 54.7 Å². The zero-order chi connectivity index (χ0) is 16.9. The molecule has 1 amide bonds. The predicted molar refractivity (Wildman–Crippen MR) is 93.1 cm³/mol. The van der Waals surface area contributed by atoms with Crippen molar-refractivity contribution in [2.45, 2.75) is 26.3 Å². The summed E-state index contributed by atoms with van der Waals surface area (Å²) in [6, 6.07) is 4.02. The average molecular weight is 349 g/mol. The van der Waals surface area contributed by atoms with E-state index in [2.05, 4.69) is 15.2 Å². The maximum atomic E-state index is 12.3. The van der Waals surface area contributed by atoms with Crippen molar-refractivity contribution in [2.24, 2.45) is 0 Å². The van der Waals surface area contributed by atoms with Crippen molar-refractivity contribution >= 4 is 17.2 Å². The molecule has 1 unspecified atom stereocenters. The molecule has 24 heavy (non-hydrogen) atoms. The van der Waals surface area contributed by atoms with Crippen molar-refractivity contribution in [2.75, 3.05) is 32.8 Å². The topological polar surface area (TPSA) is 67.6 Å². The molecule has 3 rings (SSSR count). The van der Waals surface area contributed by atoms with Gasteiger partial charge in [0.15, 0.2) is 0 Å². The van der Waals surface area contributed by atoms with E-state index in [1.54, 1.807) is 11.3 Å². The van der Waals surface area contributed by atoms with Crippen LogP contribution in [0.2, 0.25) is 0 Å². The maximum Gasteiger partial charge on any atom is 0.236 e. The lowest BCUT2D eigenvalue weighted by Gasteiger charge is -2.29. The van der Waals surface area contributed by atoms with Gasteiger partial charge in [0.25, 0.3) is 0 Å². The standard InChI is InChI=1S/C17H23N3O3S/c1-12(11-20-5-7-22-8-6-20)18-16(21)10-14-13(2)23-17(19-14)15-4-3-9-24-15/h3-4,9,12H,5-8,10-11H2,1-2H3,(H,18,21). The molecule has 1 N–H and O–H groups in total. The molecule has 0 saturated carbocycles. The van der Waals surface area contributed by atoms with Crippen LogP contribution in [0.25, 0.3) is 10.8 Å². The number of aromatic nitrogens is 1. The molecule has 0 radical (unpaired) electrons. The van der Waals surface area contributed by atoms with Gasteiger partial charge >= 0.3 is 0 Å². The lowest BCUT2D eigenvalue weighted by atomic mass is 10.2. The van der Waals surface area contributed by atoms with E-state index < -0.39 is 0 Å². The molecule has 0 bridgehead atoms. The number of ether oxygens (including phenoxy) is 1. The molecule has 0 aromatic carbocycles. The van der Waals surface area contributed by atoms with Crippen LogP contribution in [-0.2, 0) is 16.0 Å². The summed E-state index contributed by atoms with van der Waals surface area (Å²) in [5.41, 5.74) is 0.703. The quantitative estimate of drug-likeness (QED) is 0.865. The molecular formula is C17H23N3O3S. The Bertz CT molecular complexity index is 663. The molecule has 0 aliphatic carbocycles. The lowest BCUT2D eigenvalue weighted by Crippen LogP contribution is -2.46. The number of oxazole rings is 1. The lowest BCUT2D eigenvalue weighted by molar-refractivity contribution is -0.121. The summed E-state index contributed by atoms with van der Waals surface area (Å²) in [6.45, 7) is 8.10. The Hall–Kier alpha value is -1.70. The summed E-state index contributed by atoms with van der Waals surface area (Å²) < 4.78 is 11.0. The molecule has 0 spiro atoms. The van der Waals surface area contributed by atoms with Crippen molar-refractivity contribution in [1.29, 1.82) is 0 Å². The van der Waals surface area contributed by atoms with Crippen LogP contribution >= 0.6 is 11.3 Å². The third-order valence-electron chi connectivity index (χ3n) is 4.00. The molecule has 130 valence electrons. The van der Waals surface area contributed by atoms with Gasteiger partial charge in [0.05, 0.1) is 30.2 Å². The van der Waals surface area contributed by atoms with Crippen LogP contribution in [0.3, 0.4) is 0 Å². The average Bonchev–Trinajstić information content (AvgIpc) is 3.18. The van der Waals surface area contributed by atoms with Crippen molar-refractivity contribution in [1.82, 2.24) is 15.2 Å². The first-order chi connectivity index (χ1) is 11.6. The Labute approximate surface area is 145 Å². The largest absolute Gasteiger partial charge is 0.440 e. The predicted octanol–water partition coefficient (Wildman–Crippen LogP) is 2.09. The number of carbonyl (C=O) groups excluding carboxylic acids is 1. The first-order valence-electron chi connectivity index (χ1n) is 8.21. The highest BCUT2D eigenvalue weighted by Gasteiger charge is 2.18. The molecule has 1 saturated heterocycles. The second-order valence-electron chi connectivity index (χ2n) is 6.06. The third-order valence-corrected chi connectivity index (χ3v) is 4.85. The monoisotopic (exact) mass is 349 g/mol. The number of carbonyl (C=O) groups is 1.